The van der Waals surface area contributed by atoms with Crippen LogP contribution >= 0.6 is 15.9 Å². The molecule has 0 aliphatic rings. The molecular formula is C17H14BrF2N3O5S. The average molecular weight is 490 g/mol. The summed E-state index contributed by atoms with van der Waals surface area (Å²) in [6.07, 6.45) is 1.14. The first-order valence-corrected chi connectivity index (χ1v) is 10.5. The molecule has 0 bridgehead atoms. The third-order valence-electron chi connectivity index (χ3n) is 3.95. The number of H-pyrrole nitrogens is 1. The highest BCUT2D eigenvalue weighted by atomic mass is 79.9. The quantitative estimate of drug-likeness (QED) is 0.375. The minimum atomic E-state index is -4.27. The number of nitrogens with one attached hydrogen (secondary N) is 2. The summed E-state index contributed by atoms with van der Waals surface area (Å²) >= 11 is 3.20. The number of pyridine rings is 1. The van der Waals surface area contributed by atoms with E-state index in [1.54, 1.807) is 6.07 Å². The molecule has 0 radical (unpaired) electrons. The summed E-state index contributed by atoms with van der Waals surface area (Å²) in [5, 5.41) is 18.4. The van der Waals surface area contributed by atoms with Crippen molar-refractivity contribution in [1.82, 2.24) is 9.97 Å². The molecule has 12 heteroatoms. The van der Waals surface area contributed by atoms with Crippen LogP contribution in [0.4, 0.5) is 14.5 Å². The molecule has 8 nitrogen and oxygen atoms in total. The Kier molecular flexibility index (Phi) is 5.98. The number of fused-ring (bicyclic) bond motifs is 1. The highest BCUT2D eigenvalue weighted by Crippen LogP contribution is 2.28. The zero-order chi connectivity index (χ0) is 21.3. The van der Waals surface area contributed by atoms with Gasteiger partial charge in [0.2, 0.25) is 15.8 Å². The third-order valence-corrected chi connectivity index (χ3v) is 5.74. The smallest absolute Gasteiger partial charge is 0.235 e. The molecule has 0 aliphatic heterocycles. The van der Waals surface area contributed by atoms with Gasteiger partial charge < -0.3 is 15.2 Å². The van der Waals surface area contributed by atoms with Crippen LogP contribution < -0.4 is 4.72 Å². The van der Waals surface area contributed by atoms with Crippen LogP contribution in [-0.2, 0) is 10.0 Å². The maximum atomic E-state index is 14.9. The maximum Gasteiger partial charge on any atom is 0.235 e. The van der Waals surface area contributed by atoms with E-state index < -0.39 is 57.2 Å². The summed E-state index contributed by atoms with van der Waals surface area (Å²) in [4.78, 5) is 19.6. The highest BCUT2D eigenvalue weighted by Gasteiger charge is 2.26. The number of aromatic amines is 1. The Bertz CT molecular complexity index is 1200. The van der Waals surface area contributed by atoms with E-state index in [1.807, 2.05) is 4.72 Å². The van der Waals surface area contributed by atoms with Crippen LogP contribution in [0.5, 0.6) is 0 Å². The summed E-state index contributed by atoms with van der Waals surface area (Å²) < 4.78 is 55.5. The number of ketones is 1. The molecule has 154 valence electrons. The molecule has 2 aromatic heterocycles. The topological polar surface area (TPSA) is 132 Å². The molecule has 1 aromatic carbocycles. The van der Waals surface area contributed by atoms with Crippen LogP contribution in [-0.4, -0.2) is 52.8 Å². The Labute approximate surface area is 171 Å². The van der Waals surface area contributed by atoms with Gasteiger partial charge in [-0.15, -0.1) is 0 Å². The van der Waals surface area contributed by atoms with E-state index in [0.29, 0.717) is 15.5 Å². The van der Waals surface area contributed by atoms with E-state index in [2.05, 4.69) is 25.9 Å². The van der Waals surface area contributed by atoms with Gasteiger partial charge in [-0.05, 0) is 34.1 Å². The maximum absolute atomic E-state index is 14.9. The predicted octanol–water partition coefficient (Wildman–Crippen LogP) is 1.93. The molecule has 4 N–H and O–H groups in total. The van der Waals surface area contributed by atoms with Crippen LogP contribution in [0.25, 0.3) is 11.0 Å². The SMILES string of the molecule is O=C(c1c(F)ccc(NS(=O)(=O)CC(O)CO)c1F)c1c[nH]c2ncc(Br)cc12. The summed E-state index contributed by atoms with van der Waals surface area (Å²) in [5.74, 6) is -4.51. The van der Waals surface area contributed by atoms with E-state index >= 15 is 0 Å². The van der Waals surface area contributed by atoms with Gasteiger partial charge in [-0.25, -0.2) is 22.2 Å². The average Bonchev–Trinajstić information content (AvgIpc) is 3.06. The lowest BCUT2D eigenvalue weighted by Gasteiger charge is -2.13. The fourth-order valence-electron chi connectivity index (χ4n) is 2.66. The van der Waals surface area contributed by atoms with Gasteiger partial charge in [-0.1, -0.05) is 0 Å². The second kappa shape index (κ2) is 8.14. The molecular weight excluding hydrogens is 476 g/mol. The number of carbonyl (C=O) groups is 1. The van der Waals surface area contributed by atoms with Crippen molar-refractivity contribution in [2.24, 2.45) is 0 Å². The van der Waals surface area contributed by atoms with E-state index in [1.165, 1.54) is 12.4 Å². The van der Waals surface area contributed by atoms with Crippen LogP contribution in [0.15, 0.2) is 35.1 Å². The van der Waals surface area contributed by atoms with Gasteiger partial charge in [0, 0.05) is 27.8 Å². The fraction of sp³-hybridized carbons (Fsp3) is 0.176. The number of benzene rings is 1. The standard InChI is InChI=1S/C17H14BrF2N3O5S/c18-8-3-10-11(5-22-17(10)21-4-8)16(26)14-12(19)1-2-13(15(14)20)23-29(27,28)7-9(25)6-24/h1-5,9,23-25H,6-7H2,(H,21,22). The number of aromatic nitrogens is 2. The third kappa shape index (κ3) is 4.45. The second-order valence-corrected chi connectivity index (χ2v) is 8.77. The zero-order valence-electron chi connectivity index (χ0n) is 14.5. The lowest BCUT2D eigenvalue weighted by atomic mass is 10.0. The van der Waals surface area contributed by atoms with Gasteiger partial charge >= 0.3 is 0 Å². The van der Waals surface area contributed by atoms with Gasteiger partial charge in [0.25, 0.3) is 0 Å². The van der Waals surface area contributed by atoms with Gasteiger partial charge in [0.05, 0.1) is 29.7 Å². The van der Waals surface area contributed by atoms with Gasteiger partial charge in [0.1, 0.15) is 11.5 Å². The van der Waals surface area contributed by atoms with Crippen molar-refractivity contribution in [2.45, 2.75) is 6.10 Å². The van der Waals surface area contributed by atoms with Crippen molar-refractivity contribution in [2.75, 3.05) is 17.1 Å². The Morgan fingerprint density at radius 3 is 2.76 bits per heavy atom. The number of hydrogen-bond acceptors (Lipinski definition) is 6. The Balaban J connectivity index is 2.03. The molecule has 0 saturated carbocycles. The molecule has 0 aliphatic carbocycles. The van der Waals surface area contributed by atoms with Crippen molar-refractivity contribution in [1.29, 1.82) is 0 Å². The number of sulfonamides is 1. The van der Waals surface area contributed by atoms with Gasteiger partial charge in [-0.3, -0.25) is 9.52 Å². The molecule has 1 atom stereocenters. The molecule has 1 unspecified atom stereocenters. The van der Waals surface area contributed by atoms with Crippen molar-refractivity contribution in [3.8, 4) is 0 Å². The number of carbonyl (C=O) groups excluding carboxylic acids is 1. The number of anilines is 1. The number of hydrogen-bond donors (Lipinski definition) is 4. The molecule has 0 amide bonds. The molecule has 0 saturated heterocycles. The number of nitrogens with zero attached hydrogens (tertiary/aromatic N) is 1. The molecule has 0 spiro atoms. The summed E-state index contributed by atoms with van der Waals surface area (Å²) in [7, 11) is -4.27. The predicted molar refractivity (Wildman–Crippen MR) is 104 cm³/mol. The minimum absolute atomic E-state index is 0.0534. The number of halogens is 3. The van der Waals surface area contributed by atoms with Crippen LogP contribution in [0.2, 0.25) is 0 Å². The first-order valence-electron chi connectivity index (χ1n) is 8.07. The van der Waals surface area contributed by atoms with Crippen molar-refractivity contribution < 1.29 is 32.2 Å². The molecule has 0 fully saturated rings. The second-order valence-electron chi connectivity index (χ2n) is 6.08. The lowest BCUT2D eigenvalue weighted by molar-refractivity contribution is 0.103. The Morgan fingerprint density at radius 1 is 1.34 bits per heavy atom. The molecule has 3 aromatic rings. The van der Waals surface area contributed by atoms with E-state index in [-0.39, 0.29) is 5.56 Å². The number of aliphatic hydroxyl groups excluding tert-OH is 2. The first-order chi connectivity index (χ1) is 13.6. The summed E-state index contributed by atoms with van der Waals surface area (Å²) in [6.45, 7) is -0.819. The van der Waals surface area contributed by atoms with Crippen molar-refractivity contribution >= 4 is 48.5 Å². The minimum Gasteiger partial charge on any atom is -0.394 e. The Morgan fingerprint density at radius 2 is 2.07 bits per heavy atom. The van der Waals surface area contributed by atoms with Crippen molar-refractivity contribution in [3.63, 3.8) is 0 Å². The fourth-order valence-corrected chi connectivity index (χ4v) is 4.17. The molecule has 29 heavy (non-hydrogen) atoms. The first kappa shape index (κ1) is 21.3. The van der Waals surface area contributed by atoms with E-state index in [4.69, 9.17) is 5.11 Å². The largest absolute Gasteiger partial charge is 0.394 e. The summed E-state index contributed by atoms with van der Waals surface area (Å²) in [5.41, 5.74) is -1.35. The highest BCUT2D eigenvalue weighted by molar-refractivity contribution is 9.10. The Hall–Kier alpha value is -2.41. The van der Waals surface area contributed by atoms with E-state index in [0.717, 1.165) is 12.1 Å². The number of rotatable bonds is 7. The molecule has 3 rings (SSSR count). The monoisotopic (exact) mass is 489 g/mol. The van der Waals surface area contributed by atoms with Crippen LogP contribution in [0, 0.1) is 11.6 Å². The van der Waals surface area contributed by atoms with Crippen molar-refractivity contribution in [3.05, 3.63) is 57.8 Å². The summed E-state index contributed by atoms with van der Waals surface area (Å²) in [6, 6.07) is 3.11. The van der Waals surface area contributed by atoms with Gasteiger partial charge in [-0.2, -0.15) is 0 Å². The number of aliphatic hydroxyl groups is 2. The molecule has 2 heterocycles. The normalized spacial score (nSPS) is 12.9. The van der Waals surface area contributed by atoms with Gasteiger partial charge in [0.15, 0.2) is 5.82 Å². The lowest BCUT2D eigenvalue weighted by Crippen LogP contribution is -2.29. The van der Waals surface area contributed by atoms with E-state index in [9.17, 15) is 27.1 Å². The van der Waals surface area contributed by atoms with Crippen LogP contribution in [0.3, 0.4) is 0 Å². The zero-order valence-corrected chi connectivity index (χ0v) is 16.9. The van der Waals surface area contributed by atoms with Crippen LogP contribution in [0.1, 0.15) is 15.9 Å².